The van der Waals surface area contributed by atoms with Crippen LogP contribution in [-0.2, 0) is 4.79 Å². The first-order chi connectivity index (χ1) is 6.99. The molecule has 4 heteroatoms. The summed E-state index contributed by atoms with van der Waals surface area (Å²) in [5.41, 5.74) is -0.802. The third-order valence-electron chi connectivity index (χ3n) is 3.74. The van der Waals surface area contributed by atoms with Gasteiger partial charge in [0.15, 0.2) is 0 Å². The maximum absolute atomic E-state index is 11.0. The Morgan fingerprint density at radius 1 is 1.40 bits per heavy atom. The van der Waals surface area contributed by atoms with Crippen LogP contribution in [0.1, 0.15) is 26.7 Å². The highest BCUT2D eigenvalue weighted by Gasteiger charge is 2.38. The molecule has 4 nitrogen and oxygen atoms in total. The van der Waals surface area contributed by atoms with Gasteiger partial charge < -0.3 is 10.0 Å². The molecule has 1 unspecified atom stereocenters. The average molecular weight is 212 g/mol. The molecule has 0 aromatic rings. The van der Waals surface area contributed by atoms with Crippen molar-refractivity contribution in [3.05, 3.63) is 0 Å². The Morgan fingerprint density at radius 2 is 2.00 bits per heavy atom. The Hall–Kier alpha value is -0.610. The van der Waals surface area contributed by atoms with Gasteiger partial charge in [0.2, 0.25) is 0 Å². The van der Waals surface area contributed by atoms with Crippen LogP contribution in [0, 0.1) is 5.92 Å². The van der Waals surface area contributed by atoms with Gasteiger partial charge in [-0.1, -0.05) is 0 Å². The van der Waals surface area contributed by atoms with Gasteiger partial charge in [-0.3, -0.25) is 10.1 Å². The zero-order valence-electron chi connectivity index (χ0n) is 9.49. The molecule has 0 amide bonds. The van der Waals surface area contributed by atoms with E-state index >= 15 is 0 Å². The first-order valence-corrected chi connectivity index (χ1v) is 5.72. The van der Waals surface area contributed by atoms with Crippen LogP contribution in [0.25, 0.3) is 0 Å². The summed E-state index contributed by atoms with van der Waals surface area (Å²) in [6.07, 6.45) is 2.43. The zero-order chi connectivity index (χ0) is 11.1. The van der Waals surface area contributed by atoms with Crippen LogP contribution >= 0.6 is 0 Å². The van der Waals surface area contributed by atoms with Gasteiger partial charge in [0.1, 0.15) is 5.54 Å². The van der Waals surface area contributed by atoms with E-state index in [1.165, 1.54) is 25.9 Å². The van der Waals surface area contributed by atoms with Gasteiger partial charge in [0, 0.05) is 12.6 Å². The molecule has 3 rings (SSSR count). The predicted molar refractivity (Wildman–Crippen MR) is 57.8 cm³/mol. The van der Waals surface area contributed by atoms with Gasteiger partial charge in [-0.2, -0.15) is 0 Å². The Balaban J connectivity index is 1.98. The minimum atomic E-state index is -0.802. The molecule has 2 N–H and O–H groups in total. The summed E-state index contributed by atoms with van der Waals surface area (Å²) in [4.78, 5) is 13.5. The van der Waals surface area contributed by atoms with Crippen molar-refractivity contribution in [1.29, 1.82) is 0 Å². The number of piperidine rings is 3. The summed E-state index contributed by atoms with van der Waals surface area (Å²) < 4.78 is 0. The second-order valence-electron chi connectivity index (χ2n) is 5.32. The second kappa shape index (κ2) is 3.76. The van der Waals surface area contributed by atoms with E-state index in [1.807, 2.05) is 0 Å². The minimum absolute atomic E-state index is 0.360. The highest BCUT2D eigenvalue weighted by atomic mass is 16.4. The SMILES string of the molecule is CC(C)(NC1CN2CCC1CC2)C(=O)O. The van der Waals surface area contributed by atoms with Crippen molar-refractivity contribution in [2.24, 2.45) is 5.92 Å². The van der Waals surface area contributed by atoms with E-state index in [0.717, 1.165) is 6.54 Å². The highest BCUT2D eigenvalue weighted by molar-refractivity contribution is 5.77. The largest absolute Gasteiger partial charge is 0.480 e. The summed E-state index contributed by atoms with van der Waals surface area (Å²) in [6, 6.07) is 0.360. The summed E-state index contributed by atoms with van der Waals surface area (Å²) >= 11 is 0. The van der Waals surface area contributed by atoms with Gasteiger partial charge in [-0.25, -0.2) is 0 Å². The molecule has 0 aromatic carbocycles. The number of nitrogens with one attached hydrogen (secondary N) is 1. The number of rotatable bonds is 3. The van der Waals surface area contributed by atoms with Gasteiger partial charge in [-0.15, -0.1) is 0 Å². The maximum Gasteiger partial charge on any atom is 0.323 e. The van der Waals surface area contributed by atoms with Crippen LogP contribution in [0.4, 0.5) is 0 Å². The number of aliphatic carboxylic acids is 1. The van der Waals surface area contributed by atoms with Gasteiger partial charge in [0.25, 0.3) is 0 Å². The molecule has 0 spiro atoms. The molecule has 2 bridgehead atoms. The molecule has 0 saturated carbocycles. The third kappa shape index (κ3) is 2.16. The first kappa shape index (κ1) is 10.9. The van der Waals surface area contributed by atoms with Crippen LogP contribution in [-0.4, -0.2) is 47.2 Å². The third-order valence-corrected chi connectivity index (χ3v) is 3.74. The van der Waals surface area contributed by atoms with Crippen LogP contribution in [0.2, 0.25) is 0 Å². The standard InChI is InChI=1S/C11H20N2O2/c1-11(2,10(14)15)12-9-7-13-5-3-8(9)4-6-13/h8-9,12H,3-7H2,1-2H3,(H,14,15). The Bertz CT molecular complexity index is 257. The van der Waals surface area contributed by atoms with Gasteiger partial charge >= 0.3 is 5.97 Å². The topological polar surface area (TPSA) is 52.6 Å². The Morgan fingerprint density at radius 3 is 2.40 bits per heavy atom. The van der Waals surface area contributed by atoms with Crippen molar-refractivity contribution in [3.8, 4) is 0 Å². The first-order valence-electron chi connectivity index (χ1n) is 5.72. The normalized spacial score (nSPS) is 35.5. The van der Waals surface area contributed by atoms with Crippen molar-refractivity contribution in [2.45, 2.75) is 38.3 Å². The number of hydrogen-bond acceptors (Lipinski definition) is 3. The van der Waals surface area contributed by atoms with E-state index in [4.69, 9.17) is 5.11 Å². The molecule has 3 aliphatic rings. The van der Waals surface area contributed by atoms with E-state index < -0.39 is 11.5 Å². The van der Waals surface area contributed by atoms with Crippen LogP contribution < -0.4 is 5.32 Å². The van der Waals surface area contributed by atoms with E-state index in [0.29, 0.717) is 12.0 Å². The molecule has 3 fully saturated rings. The van der Waals surface area contributed by atoms with Crippen LogP contribution in [0.3, 0.4) is 0 Å². The van der Waals surface area contributed by atoms with Crippen molar-refractivity contribution in [3.63, 3.8) is 0 Å². The van der Waals surface area contributed by atoms with E-state index in [9.17, 15) is 4.79 Å². The molecular weight excluding hydrogens is 192 g/mol. The van der Waals surface area contributed by atoms with Crippen molar-refractivity contribution < 1.29 is 9.90 Å². The Labute approximate surface area is 90.6 Å². The number of carbonyl (C=O) groups is 1. The van der Waals surface area contributed by atoms with Crippen molar-refractivity contribution in [1.82, 2.24) is 10.2 Å². The van der Waals surface area contributed by atoms with Crippen molar-refractivity contribution >= 4 is 5.97 Å². The highest BCUT2D eigenvalue weighted by Crippen LogP contribution is 2.28. The van der Waals surface area contributed by atoms with Crippen LogP contribution in [0.15, 0.2) is 0 Å². The van der Waals surface area contributed by atoms with Crippen LogP contribution in [0.5, 0.6) is 0 Å². The summed E-state index contributed by atoms with van der Waals surface area (Å²) in [5, 5.41) is 12.4. The molecule has 3 saturated heterocycles. The maximum atomic E-state index is 11.0. The molecule has 0 radical (unpaired) electrons. The lowest BCUT2D eigenvalue weighted by Gasteiger charge is -2.47. The number of carboxylic acid groups (broad SMARTS) is 1. The number of nitrogens with zero attached hydrogens (tertiary/aromatic N) is 1. The predicted octanol–water partition coefficient (Wildman–Crippen LogP) is 0.533. The fraction of sp³-hybridized carbons (Fsp3) is 0.909. The lowest BCUT2D eigenvalue weighted by Crippen LogP contribution is -2.62. The number of hydrogen-bond donors (Lipinski definition) is 2. The fourth-order valence-electron chi connectivity index (χ4n) is 2.65. The molecule has 1 atom stereocenters. The molecule has 15 heavy (non-hydrogen) atoms. The number of carboxylic acids is 1. The molecular formula is C11H20N2O2. The smallest absolute Gasteiger partial charge is 0.323 e. The van der Waals surface area contributed by atoms with E-state index in [2.05, 4.69) is 10.2 Å². The fourth-order valence-corrected chi connectivity index (χ4v) is 2.65. The molecule has 0 aliphatic carbocycles. The van der Waals surface area contributed by atoms with E-state index in [1.54, 1.807) is 13.8 Å². The average Bonchev–Trinajstić information content (AvgIpc) is 2.18. The van der Waals surface area contributed by atoms with Gasteiger partial charge in [-0.05, 0) is 45.7 Å². The van der Waals surface area contributed by atoms with Gasteiger partial charge in [0.05, 0.1) is 0 Å². The molecule has 86 valence electrons. The second-order valence-corrected chi connectivity index (χ2v) is 5.32. The lowest BCUT2D eigenvalue weighted by atomic mass is 9.83. The lowest BCUT2D eigenvalue weighted by molar-refractivity contribution is -0.144. The molecule has 3 heterocycles. The van der Waals surface area contributed by atoms with E-state index in [-0.39, 0.29) is 0 Å². The molecule has 3 aliphatic heterocycles. The minimum Gasteiger partial charge on any atom is -0.480 e. The van der Waals surface area contributed by atoms with Crippen molar-refractivity contribution in [2.75, 3.05) is 19.6 Å². The zero-order valence-corrected chi connectivity index (χ0v) is 9.49. The number of fused-ring (bicyclic) bond motifs is 3. The quantitative estimate of drug-likeness (QED) is 0.716. The summed E-state index contributed by atoms with van der Waals surface area (Å²) in [6.45, 7) is 6.88. The Kier molecular flexibility index (Phi) is 2.73. The monoisotopic (exact) mass is 212 g/mol. The summed E-state index contributed by atoms with van der Waals surface area (Å²) in [7, 11) is 0. The summed E-state index contributed by atoms with van der Waals surface area (Å²) in [5.74, 6) is -0.0902. The molecule has 0 aromatic heterocycles.